The highest BCUT2D eigenvalue weighted by atomic mass is 32.1. The molecule has 0 unspecified atom stereocenters. The lowest BCUT2D eigenvalue weighted by Gasteiger charge is -2.20. The summed E-state index contributed by atoms with van der Waals surface area (Å²) in [6.45, 7) is 7.46. The van der Waals surface area contributed by atoms with Crippen LogP contribution in [0.15, 0.2) is 48.5 Å². The third-order valence-corrected chi connectivity index (χ3v) is 6.15. The number of hydrogen-bond donors (Lipinski definition) is 0. The number of hydrogen-bond acceptors (Lipinski definition) is 6. The zero-order chi connectivity index (χ0) is 22.7. The topological polar surface area (TPSA) is 69.5 Å². The number of nitrogens with zero attached hydrogens (tertiary/aromatic N) is 4. The van der Waals surface area contributed by atoms with Crippen LogP contribution in [0.25, 0.3) is 10.2 Å². The van der Waals surface area contributed by atoms with E-state index in [4.69, 9.17) is 14.5 Å². The SMILES string of the molecule is CCOc1cccc2sc(N(CCn3nc(C)cc3C)C(=O)c3cccc(OC)c3)nc12. The Balaban J connectivity index is 1.72. The maximum Gasteiger partial charge on any atom is 0.260 e. The fourth-order valence-corrected chi connectivity index (χ4v) is 4.60. The number of rotatable bonds is 8. The molecule has 0 fully saturated rings. The first-order valence-corrected chi connectivity index (χ1v) is 11.3. The van der Waals surface area contributed by atoms with Gasteiger partial charge in [-0.3, -0.25) is 14.4 Å². The van der Waals surface area contributed by atoms with Gasteiger partial charge in [-0.1, -0.05) is 23.5 Å². The predicted molar refractivity (Wildman–Crippen MR) is 127 cm³/mol. The lowest BCUT2D eigenvalue weighted by molar-refractivity contribution is 0.0985. The summed E-state index contributed by atoms with van der Waals surface area (Å²) in [7, 11) is 1.59. The van der Waals surface area contributed by atoms with Crippen LogP contribution >= 0.6 is 11.3 Å². The second-order valence-electron chi connectivity index (χ2n) is 7.37. The highest BCUT2D eigenvalue weighted by Gasteiger charge is 2.23. The molecule has 0 radical (unpaired) electrons. The van der Waals surface area contributed by atoms with Crippen LogP contribution in [0.1, 0.15) is 28.7 Å². The van der Waals surface area contributed by atoms with Crippen molar-refractivity contribution < 1.29 is 14.3 Å². The van der Waals surface area contributed by atoms with Gasteiger partial charge in [0.2, 0.25) is 0 Å². The van der Waals surface area contributed by atoms with E-state index in [9.17, 15) is 4.79 Å². The van der Waals surface area contributed by atoms with Crippen LogP contribution in [0.2, 0.25) is 0 Å². The fraction of sp³-hybridized carbons (Fsp3) is 0.292. The van der Waals surface area contributed by atoms with Crippen LogP contribution in [0.5, 0.6) is 11.5 Å². The monoisotopic (exact) mass is 450 g/mol. The number of benzene rings is 2. The molecule has 7 nitrogen and oxygen atoms in total. The van der Waals surface area contributed by atoms with E-state index < -0.39 is 0 Å². The second kappa shape index (κ2) is 9.40. The van der Waals surface area contributed by atoms with Gasteiger partial charge in [-0.05, 0) is 57.2 Å². The molecule has 2 aromatic heterocycles. The van der Waals surface area contributed by atoms with E-state index in [0.717, 1.165) is 27.4 Å². The Labute approximate surface area is 191 Å². The number of aryl methyl sites for hydroxylation is 2. The summed E-state index contributed by atoms with van der Waals surface area (Å²) in [6, 6.07) is 15.0. The number of fused-ring (bicyclic) bond motifs is 1. The molecule has 1 amide bonds. The number of carbonyl (C=O) groups excluding carboxylic acids is 1. The molecule has 0 aliphatic heterocycles. The van der Waals surface area contributed by atoms with Gasteiger partial charge in [-0.15, -0.1) is 0 Å². The molecule has 2 aromatic carbocycles. The number of para-hydroxylation sites is 1. The van der Waals surface area contributed by atoms with Crippen molar-refractivity contribution in [3.8, 4) is 11.5 Å². The van der Waals surface area contributed by atoms with Crippen molar-refractivity contribution in [3.05, 3.63) is 65.5 Å². The van der Waals surface area contributed by atoms with Crippen LogP contribution in [-0.4, -0.2) is 40.9 Å². The van der Waals surface area contributed by atoms with Gasteiger partial charge in [-0.2, -0.15) is 5.10 Å². The molecule has 2 heterocycles. The Morgan fingerprint density at radius 3 is 2.69 bits per heavy atom. The Bertz CT molecular complexity index is 1250. The van der Waals surface area contributed by atoms with Crippen LogP contribution in [0, 0.1) is 13.8 Å². The normalized spacial score (nSPS) is 11.0. The average molecular weight is 451 g/mol. The summed E-state index contributed by atoms with van der Waals surface area (Å²) in [6.07, 6.45) is 0. The Morgan fingerprint density at radius 1 is 1.16 bits per heavy atom. The summed E-state index contributed by atoms with van der Waals surface area (Å²) >= 11 is 1.48. The van der Waals surface area contributed by atoms with Crippen LogP contribution in [0.4, 0.5) is 5.13 Å². The molecule has 4 rings (SSSR count). The summed E-state index contributed by atoms with van der Waals surface area (Å²) in [4.78, 5) is 20.1. The number of aromatic nitrogens is 3. The van der Waals surface area contributed by atoms with Crippen molar-refractivity contribution in [2.45, 2.75) is 27.3 Å². The molecule has 0 aliphatic rings. The first-order valence-electron chi connectivity index (χ1n) is 10.5. The van der Waals surface area contributed by atoms with Crippen LogP contribution in [0.3, 0.4) is 0 Å². The minimum absolute atomic E-state index is 0.137. The maximum absolute atomic E-state index is 13.6. The molecule has 0 spiro atoms. The minimum atomic E-state index is -0.137. The van der Waals surface area contributed by atoms with Crippen molar-refractivity contribution in [2.75, 3.05) is 25.2 Å². The number of ether oxygens (including phenoxy) is 2. The molecular formula is C24H26N4O3S. The van der Waals surface area contributed by atoms with E-state index in [1.165, 1.54) is 11.3 Å². The summed E-state index contributed by atoms with van der Waals surface area (Å²) in [5.74, 6) is 1.22. The fourth-order valence-electron chi connectivity index (χ4n) is 3.59. The van der Waals surface area contributed by atoms with Crippen molar-refractivity contribution in [1.29, 1.82) is 0 Å². The largest absolute Gasteiger partial charge is 0.497 e. The van der Waals surface area contributed by atoms with Gasteiger partial charge in [-0.25, -0.2) is 4.98 Å². The molecule has 0 saturated carbocycles. The molecule has 0 saturated heterocycles. The highest BCUT2D eigenvalue weighted by Crippen LogP contribution is 2.35. The Morgan fingerprint density at radius 2 is 1.97 bits per heavy atom. The zero-order valence-corrected chi connectivity index (χ0v) is 19.5. The van der Waals surface area contributed by atoms with Gasteiger partial charge < -0.3 is 9.47 Å². The highest BCUT2D eigenvalue weighted by molar-refractivity contribution is 7.22. The molecular weight excluding hydrogens is 424 g/mol. The van der Waals surface area contributed by atoms with Crippen molar-refractivity contribution >= 4 is 32.6 Å². The van der Waals surface area contributed by atoms with Gasteiger partial charge in [0.15, 0.2) is 5.13 Å². The zero-order valence-electron chi connectivity index (χ0n) is 18.7. The number of anilines is 1. The van der Waals surface area contributed by atoms with E-state index >= 15 is 0 Å². The third-order valence-electron chi connectivity index (χ3n) is 5.10. The molecule has 4 aromatic rings. The Kier molecular flexibility index (Phi) is 6.41. The number of methoxy groups -OCH3 is 1. The maximum atomic E-state index is 13.6. The number of carbonyl (C=O) groups is 1. The quantitative estimate of drug-likeness (QED) is 0.383. The third kappa shape index (κ3) is 4.45. The summed E-state index contributed by atoms with van der Waals surface area (Å²) in [5, 5.41) is 5.16. The minimum Gasteiger partial charge on any atom is -0.497 e. The lowest BCUT2D eigenvalue weighted by atomic mass is 10.2. The number of thiazole rings is 1. The van der Waals surface area contributed by atoms with Gasteiger partial charge in [0.05, 0.1) is 30.7 Å². The predicted octanol–water partition coefficient (Wildman–Crippen LogP) is 4.86. The molecule has 0 aliphatic carbocycles. The Hall–Kier alpha value is -3.39. The van der Waals surface area contributed by atoms with Crippen molar-refractivity contribution in [2.24, 2.45) is 0 Å². The molecule has 0 bridgehead atoms. The first kappa shape index (κ1) is 21.8. The van der Waals surface area contributed by atoms with Crippen LogP contribution in [-0.2, 0) is 6.54 Å². The van der Waals surface area contributed by atoms with Gasteiger partial charge in [0.25, 0.3) is 5.91 Å². The smallest absolute Gasteiger partial charge is 0.260 e. The number of amides is 1. The molecule has 0 atom stereocenters. The van der Waals surface area contributed by atoms with Gasteiger partial charge in [0, 0.05) is 17.8 Å². The average Bonchev–Trinajstić information content (AvgIpc) is 3.37. The van der Waals surface area contributed by atoms with E-state index in [1.807, 2.05) is 61.9 Å². The molecule has 166 valence electrons. The molecule has 32 heavy (non-hydrogen) atoms. The van der Waals surface area contributed by atoms with E-state index in [1.54, 1.807) is 24.1 Å². The second-order valence-corrected chi connectivity index (χ2v) is 8.38. The van der Waals surface area contributed by atoms with Crippen molar-refractivity contribution in [1.82, 2.24) is 14.8 Å². The lowest BCUT2D eigenvalue weighted by Crippen LogP contribution is -2.34. The van der Waals surface area contributed by atoms with Gasteiger partial charge >= 0.3 is 0 Å². The van der Waals surface area contributed by atoms with E-state index in [0.29, 0.717) is 36.1 Å². The van der Waals surface area contributed by atoms with Gasteiger partial charge in [0.1, 0.15) is 17.0 Å². The van der Waals surface area contributed by atoms with Crippen LogP contribution < -0.4 is 14.4 Å². The molecule has 0 N–H and O–H groups in total. The summed E-state index contributed by atoms with van der Waals surface area (Å²) in [5.41, 5.74) is 3.32. The first-order chi connectivity index (χ1) is 15.5. The standard InChI is InChI=1S/C24H26N4O3S/c1-5-31-20-10-7-11-21-22(20)25-24(32-21)27(12-13-28-17(3)14-16(2)26-28)23(29)18-8-6-9-19(15-18)30-4/h6-11,14-15H,5,12-13H2,1-4H3. The van der Waals surface area contributed by atoms with Crippen molar-refractivity contribution in [3.63, 3.8) is 0 Å². The van der Waals surface area contributed by atoms with E-state index in [-0.39, 0.29) is 5.91 Å². The molecule has 8 heteroatoms. The summed E-state index contributed by atoms with van der Waals surface area (Å²) < 4.78 is 13.9. The van der Waals surface area contributed by atoms with E-state index in [2.05, 4.69) is 5.10 Å².